The summed E-state index contributed by atoms with van der Waals surface area (Å²) in [5.74, 6) is -1.63. The largest absolute Gasteiger partial charge is 0.478 e. The van der Waals surface area contributed by atoms with E-state index in [1.165, 1.54) is 6.07 Å². The van der Waals surface area contributed by atoms with Crippen molar-refractivity contribution in [1.82, 2.24) is 0 Å². The Morgan fingerprint density at radius 2 is 2.00 bits per heavy atom. The van der Waals surface area contributed by atoms with Gasteiger partial charge in [-0.3, -0.25) is 0 Å². The van der Waals surface area contributed by atoms with Crippen molar-refractivity contribution in [1.29, 1.82) is 0 Å². The van der Waals surface area contributed by atoms with Crippen LogP contribution in [0.1, 0.15) is 15.9 Å². The third kappa shape index (κ3) is 2.85. The number of carboxylic acid groups (broad SMARTS) is 1. The molecule has 3 nitrogen and oxygen atoms in total. The Morgan fingerprint density at radius 3 is 2.68 bits per heavy atom. The van der Waals surface area contributed by atoms with Crippen LogP contribution >= 0.6 is 11.6 Å². The molecule has 5 heteroatoms. The Balaban J connectivity index is 2.45. The van der Waals surface area contributed by atoms with Gasteiger partial charge in [0.25, 0.3) is 0 Å². The molecule has 0 aliphatic heterocycles. The maximum Gasteiger partial charge on any atom is 0.337 e. The van der Waals surface area contributed by atoms with Crippen molar-refractivity contribution in [2.75, 3.05) is 5.32 Å². The highest BCUT2D eigenvalue weighted by molar-refractivity contribution is 6.31. The van der Waals surface area contributed by atoms with Crippen LogP contribution in [0.15, 0.2) is 36.4 Å². The van der Waals surface area contributed by atoms with E-state index in [0.717, 1.165) is 17.7 Å². The number of rotatable bonds is 3. The number of carbonyl (C=O) groups is 1. The molecule has 0 unspecified atom stereocenters. The topological polar surface area (TPSA) is 49.3 Å². The monoisotopic (exact) mass is 279 g/mol. The summed E-state index contributed by atoms with van der Waals surface area (Å²) < 4.78 is 13.2. The van der Waals surface area contributed by atoms with Gasteiger partial charge in [-0.1, -0.05) is 17.7 Å². The molecule has 0 amide bonds. The van der Waals surface area contributed by atoms with Gasteiger partial charge >= 0.3 is 5.97 Å². The summed E-state index contributed by atoms with van der Waals surface area (Å²) in [6.45, 7) is 1.80. The second kappa shape index (κ2) is 5.28. The van der Waals surface area contributed by atoms with Crippen molar-refractivity contribution >= 4 is 28.9 Å². The van der Waals surface area contributed by atoms with Crippen LogP contribution in [-0.2, 0) is 0 Å². The fourth-order valence-electron chi connectivity index (χ4n) is 1.69. The van der Waals surface area contributed by atoms with Crippen molar-refractivity contribution in [3.63, 3.8) is 0 Å². The van der Waals surface area contributed by atoms with Gasteiger partial charge in [-0.2, -0.15) is 0 Å². The van der Waals surface area contributed by atoms with E-state index in [2.05, 4.69) is 5.32 Å². The Hall–Kier alpha value is -2.07. The molecule has 0 aromatic heterocycles. The van der Waals surface area contributed by atoms with Gasteiger partial charge in [0.1, 0.15) is 5.82 Å². The SMILES string of the molecule is Cc1c(Cl)cccc1Nc1cc(F)ccc1C(=O)O. The van der Waals surface area contributed by atoms with E-state index in [4.69, 9.17) is 16.7 Å². The van der Waals surface area contributed by atoms with Gasteiger partial charge in [0.15, 0.2) is 0 Å². The first-order chi connectivity index (χ1) is 8.99. The molecule has 0 aliphatic carbocycles. The average Bonchev–Trinajstić information content (AvgIpc) is 2.35. The molecular weight excluding hydrogens is 269 g/mol. The number of anilines is 2. The van der Waals surface area contributed by atoms with Crippen LogP contribution in [0.2, 0.25) is 5.02 Å². The molecule has 0 bridgehead atoms. The molecule has 2 aromatic rings. The highest BCUT2D eigenvalue weighted by atomic mass is 35.5. The van der Waals surface area contributed by atoms with Crippen molar-refractivity contribution in [2.45, 2.75) is 6.92 Å². The lowest BCUT2D eigenvalue weighted by atomic mass is 10.1. The maximum atomic E-state index is 13.2. The lowest BCUT2D eigenvalue weighted by molar-refractivity contribution is 0.0698. The van der Waals surface area contributed by atoms with Crippen LogP contribution in [-0.4, -0.2) is 11.1 Å². The van der Waals surface area contributed by atoms with Crippen LogP contribution in [0.3, 0.4) is 0 Å². The summed E-state index contributed by atoms with van der Waals surface area (Å²) in [5.41, 5.74) is 1.60. The van der Waals surface area contributed by atoms with Crippen LogP contribution < -0.4 is 5.32 Å². The Morgan fingerprint density at radius 1 is 1.26 bits per heavy atom. The third-order valence-corrected chi connectivity index (χ3v) is 3.16. The fourth-order valence-corrected chi connectivity index (χ4v) is 1.87. The lowest BCUT2D eigenvalue weighted by Gasteiger charge is -2.12. The first-order valence-electron chi connectivity index (χ1n) is 5.54. The number of carboxylic acids is 1. The second-order valence-corrected chi connectivity index (χ2v) is 4.44. The molecule has 0 atom stereocenters. The second-order valence-electron chi connectivity index (χ2n) is 4.03. The van der Waals surface area contributed by atoms with E-state index in [-0.39, 0.29) is 11.3 Å². The summed E-state index contributed by atoms with van der Waals surface area (Å²) in [6, 6.07) is 8.68. The van der Waals surface area contributed by atoms with Gasteiger partial charge in [-0.05, 0) is 42.8 Å². The van der Waals surface area contributed by atoms with E-state index in [9.17, 15) is 9.18 Å². The molecule has 0 heterocycles. The van der Waals surface area contributed by atoms with E-state index in [1.54, 1.807) is 25.1 Å². The highest BCUT2D eigenvalue weighted by Crippen LogP contribution is 2.28. The minimum atomic E-state index is -1.12. The van der Waals surface area contributed by atoms with Crippen LogP contribution in [0.5, 0.6) is 0 Å². The summed E-state index contributed by atoms with van der Waals surface area (Å²) in [5, 5.41) is 12.5. The van der Waals surface area contributed by atoms with E-state index >= 15 is 0 Å². The molecule has 0 saturated heterocycles. The molecule has 0 spiro atoms. The van der Waals surface area contributed by atoms with Crippen molar-refractivity contribution in [3.05, 3.63) is 58.4 Å². The van der Waals surface area contributed by atoms with Crippen molar-refractivity contribution in [3.8, 4) is 0 Å². The zero-order chi connectivity index (χ0) is 14.0. The first kappa shape index (κ1) is 13.4. The number of halogens is 2. The Bertz CT molecular complexity index is 643. The molecule has 2 aromatic carbocycles. The predicted molar refractivity (Wildman–Crippen MR) is 72.8 cm³/mol. The van der Waals surface area contributed by atoms with Crippen molar-refractivity contribution in [2.24, 2.45) is 0 Å². The van der Waals surface area contributed by atoms with Gasteiger partial charge in [0.05, 0.1) is 11.3 Å². The summed E-state index contributed by atoms with van der Waals surface area (Å²) in [4.78, 5) is 11.1. The number of aromatic carboxylic acids is 1. The molecule has 98 valence electrons. The standard InChI is InChI=1S/C14H11ClFNO2/c1-8-11(15)3-2-4-12(8)17-13-7-9(16)5-6-10(13)14(18)19/h2-7,17H,1H3,(H,18,19). The van der Waals surface area contributed by atoms with Crippen LogP contribution in [0, 0.1) is 12.7 Å². The van der Waals surface area contributed by atoms with E-state index < -0.39 is 11.8 Å². The number of hydrogen-bond acceptors (Lipinski definition) is 2. The summed E-state index contributed by atoms with van der Waals surface area (Å²) in [6.07, 6.45) is 0. The molecule has 19 heavy (non-hydrogen) atoms. The molecule has 0 radical (unpaired) electrons. The molecule has 0 aliphatic rings. The van der Waals surface area contributed by atoms with Gasteiger partial charge in [0.2, 0.25) is 0 Å². The normalized spacial score (nSPS) is 10.3. The van der Waals surface area contributed by atoms with E-state index in [1.807, 2.05) is 0 Å². The van der Waals surface area contributed by atoms with Gasteiger partial charge in [-0.15, -0.1) is 0 Å². The Kier molecular flexibility index (Phi) is 3.71. The maximum absolute atomic E-state index is 13.2. The molecule has 2 N–H and O–H groups in total. The Labute approximate surface area is 114 Å². The smallest absolute Gasteiger partial charge is 0.337 e. The number of nitrogens with one attached hydrogen (secondary N) is 1. The quantitative estimate of drug-likeness (QED) is 0.884. The number of hydrogen-bond donors (Lipinski definition) is 2. The lowest BCUT2D eigenvalue weighted by Crippen LogP contribution is -2.04. The summed E-state index contributed by atoms with van der Waals surface area (Å²) >= 11 is 5.98. The fraction of sp³-hybridized carbons (Fsp3) is 0.0714. The predicted octanol–water partition coefficient (Wildman–Crippen LogP) is 4.23. The van der Waals surface area contributed by atoms with E-state index in [0.29, 0.717) is 10.7 Å². The van der Waals surface area contributed by atoms with Gasteiger partial charge < -0.3 is 10.4 Å². The van der Waals surface area contributed by atoms with Gasteiger partial charge in [0, 0.05) is 10.7 Å². The molecular formula is C14H11ClFNO2. The van der Waals surface area contributed by atoms with Crippen LogP contribution in [0.25, 0.3) is 0 Å². The van der Waals surface area contributed by atoms with Crippen LogP contribution in [0.4, 0.5) is 15.8 Å². The number of benzene rings is 2. The molecule has 0 saturated carbocycles. The summed E-state index contributed by atoms with van der Waals surface area (Å²) in [7, 11) is 0. The van der Waals surface area contributed by atoms with Crippen molar-refractivity contribution < 1.29 is 14.3 Å². The first-order valence-corrected chi connectivity index (χ1v) is 5.92. The molecule has 0 fully saturated rings. The highest BCUT2D eigenvalue weighted by Gasteiger charge is 2.12. The zero-order valence-corrected chi connectivity index (χ0v) is 10.8. The zero-order valence-electron chi connectivity index (χ0n) is 10.1. The minimum absolute atomic E-state index is 0.000718. The average molecular weight is 280 g/mol. The molecule has 2 rings (SSSR count). The van der Waals surface area contributed by atoms with Gasteiger partial charge in [-0.25, -0.2) is 9.18 Å². The minimum Gasteiger partial charge on any atom is -0.478 e. The third-order valence-electron chi connectivity index (χ3n) is 2.75.